The maximum Gasteiger partial charge on any atom is 0.326 e. The van der Waals surface area contributed by atoms with Gasteiger partial charge in [-0.1, -0.05) is 29.8 Å². The molecule has 0 unspecified atom stereocenters. The van der Waals surface area contributed by atoms with Gasteiger partial charge in [0.2, 0.25) is 0 Å². The summed E-state index contributed by atoms with van der Waals surface area (Å²) < 4.78 is 26.8. The predicted molar refractivity (Wildman–Crippen MR) is 126 cm³/mol. The van der Waals surface area contributed by atoms with E-state index in [2.05, 4.69) is 5.32 Å². The van der Waals surface area contributed by atoms with Gasteiger partial charge in [0.25, 0.3) is 0 Å². The van der Waals surface area contributed by atoms with E-state index in [0.717, 1.165) is 42.9 Å². The van der Waals surface area contributed by atoms with Crippen molar-refractivity contribution in [3.8, 4) is 0 Å². The molecule has 0 bridgehead atoms. The van der Waals surface area contributed by atoms with Gasteiger partial charge in [-0.05, 0) is 62.2 Å². The Bertz CT molecular complexity index is 999. The lowest BCUT2D eigenvalue weighted by Gasteiger charge is -2.13. The predicted octanol–water partition coefficient (Wildman–Crippen LogP) is 4.08. The molecule has 0 aliphatic carbocycles. The van der Waals surface area contributed by atoms with E-state index >= 15 is 0 Å². The average Bonchev–Trinajstić information content (AvgIpc) is 2.88. The van der Waals surface area contributed by atoms with Gasteiger partial charge in [0.05, 0.1) is 11.4 Å². The Morgan fingerprint density at radius 3 is 2.43 bits per heavy atom. The maximum atomic E-state index is 12.5. The van der Waals surface area contributed by atoms with Crippen molar-refractivity contribution in [2.45, 2.75) is 25.7 Å². The highest BCUT2D eigenvalue weighted by molar-refractivity contribution is 7.94. The molecule has 0 atom stereocenters. The summed E-state index contributed by atoms with van der Waals surface area (Å²) in [5, 5.41) is 4.17. The molecule has 3 rings (SSSR count). The van der Waals surface area contributed by atoms with E-state index in [1.165, 1.54) is 22.7 Å². The normalized spacial score (nSPS) is 14.4. The van der Waals surface area contributed by atoms with Gasteiger partial charge in [-0.2, -0.15) is 8.42 Å². The summed E-state index contributed by atoms with van der Waals surface area (Å²) in [4.78, 5) is 12.5. The minimum Gasteiger partial charge on any atom is -0.316 e. The molecule has 0 fully saturated rings. The van der Waals surface area contributed by atoms with Crippen molar-refractivity contribution in [2.75, 3.05) is 35.8 Å². The summed E-state index contributed by atoms with van der Waals surface area (Å²) in [7, 11) is -0.507. The zero-order chi connectivity index (χ0) is 21.0. The van der Waals surface area contributed by atoms with E-state index in [1.807, 2.05) is 24.3 Å². The van der Waals surface area contributed by atoms with E-state index in [-0.39, 0.29) is 18.2 Å². The Morgan fingerprint density at radius 1 is 1.00 bits per heavy atom. The Labute approximate surface area is 189 Å². The Kier molecular flexibility index (Phi) is 8.55. The van der Waals surface area contributed by atoms with Crippen molar-refractivity contribution >= 4 is 51.4 Å². The zero-order valence-electron chi connectivity index (χ0n) is 17.1. The molecule has 1 N–H and O–H groups in total. The van der Waals surface area contributed by atoms with E-state index in [4.69, 9.17) is 11.6 Å². The van der Waals surface area contributed by atoms with Crippen LogP contribution in [0.2, 0.25) is 5.02 Å². The number of hydrogen-bond donors (Lipinski definition) is 1. The highest BCUT2D eigenvalue weighted by atomic mass is 35.5. The molecule has 6 nitrogen and oxygen atoms in total. The summed E-state index contributed by atoms with van der Waals surface area (Å²) in [6.45, 7) is 1.69. The largest absolute Gasteiger partial charge is 0.326 e. The summed E-state index contributed by atoms with van der Waals surface area (Å²) in [6, 6.07) is 12.9. The van der Waals surface area contributed by atoms with Crippen LogP contribution in [0.5, 0.6) is 0 Å². The highest BCUT2D eigenvalue weighted by Gasteiger charge is 2.35. The number of unbranched alkanes of at least 4 members (excludes halogenated alkanes) is 1. The number of halogens is 2. The van der Waals surface area contributed by atoms with Crippen LogP contribution in [0.4, 0.5) is 11.4 Å². The van der Waals surface area contributed by atoms with Crippen LogP contribution in [-0.4, -0.2) is 41.4 Å². The number of Topliss-reactive ketones (excluding diaryl/α,β-unsaturated/α-hetero) is 1. The van der Waals surface area contributed by atoms with E-state index < -0.39 is 10.2 Å². The van der Waals surface area contributed by atoms with Gasteiger partial charge in [-0.3, -0.25) is 13.4 Å². The van der Waals surface area contributed by atoms with E-state index in [0.29, 0.717) is 23.4 Å². The number of ketones is 1. The number of carbonyl (C=O) groups is 1. The smallest absolute Gasteiger partial charge is 0.316 e. The molecular formula is C21H27Cl2N3O3S. The number of nitrogens with zero attached hydrogens (tertiary/aromatic N) is 2. The van der Waals surface area contributed by atoms with Gasteiger partial charge < -0.3 is 5.32 Å². The van der Waals surface area contributed by atoms with Gasteiger partial charge in [0.1, 0.15) is 0 Å². The molecule has 1 aliphatic heterocycles. The molecule has 0 radical (unpaired) electrons. The maximum absolute atomic E-state index is 12.5. The Hall–Kier alpha value is -1.80. The van der Waals surface area contributed by atoms with Crippen LogP contribution in [0.15, 0.2) is 42.5 Å². The van der Waals surface area contributed by atoms with Crippen molar-refractivity contribution in [3.05, 3.63) is 58.6 Å². The lowest BCUT2D eigenvalue weighted by molar-refractivity contribution is 0.0979. The van der Waals surface area contributed by atoms with E-state index in [9.17, 15) is 13.2 Å². The minimum absolute atomic E-state index is 0. The minimum atomic E-state index is -3.52. The lowest BCUT2D eigenvalue weighted by Crippen LogP contribution is -2.32. The van der Waals surface area contributed by atoms with Crippen molar-refractivity contribution in [1.29, 1.82) is 0 Å². The van der Waals surface area contributed by atoms with Crippen LogP contribution in [-0.2, 0) is 16.6 Å². The fourth-order valence-corrected chi connectivity index (χ4v) is 4.77. The molecule has 2 aromatic rings. The standard InChI is InChI=1S/C21H26ClN3O3S.ClH/c1-24-19-11-10-17(15-20(19)25(2)29(24,27)28)21(26)9-5-6-13-23-14-12-16-7-3-4-8-18(16)22;/h3-4,7-8,10-11,15,23H,5-6,9,12-14H2,1-2H3;1H. The summed E-state index contributed by atoms with van der Waals surface area (Å²) in [6.07, 6.45) is 3.00. The summed E-state index contributed by atoms with van der Waals surface area (Å²) in [5.41, 5.74) is 2.81. The molecule has 0 amide bonds. The molecule has 0 saturated heterocycles. The summed E-state index contributed by atoms with van der Waals surface area (Å²) in [5.74, 6) is 0.0317. The number of fused-ring (bicyclic) bond motifs is 1. The first-order valence-electron chi connectivity index (χ1n) is 9.66. The number of hydrogen-bond acceptors (Lipinski definition) is 4. The molecule has 2 aromatic carbocycles. The third-order valence-corrected chi connectivity index (χ3v) is 7.35. The average molecular weight is 472 g/mol. The molecule has 0 aromatic heterocycles. The topological polar surface area (TPSA) is 69.7 Å². The fraction of sp³-hybridized carbons (Fsp3) is 0.381. The first kappa shape index (κ1) is 24.5. The Balaban J connectivity index is 0.00000320. The zero-order valence-corrected chi connectivity index (χ0v) is 19.5. The first-order valence-corrected chi connectivity index (χ1v) is 11.4. The monoisotopic (exact) mass is 471 g/mol. The second-order valence-electron chi connectivity index (χ2n) is 7.12. The van der Waals surface area contributed by atoms with Gasteiger partial charge >= 0.3 is 10.2 Å². The second-order valence-corrected chi connectivity index (χ2v) is 9.52. The van der Waals surface area contributed by atoms with Gasteiger partial charge in [0, 0.05) is 31.1 Å². The van der Waals surface area contributed by atoms with Gasteiger partial charge in [-0.25, -0.2) is 0 Å². The fourth-order valence-electron chi connectivity index (χ4n) is 3.38. The van der Waals surface area contributed by atoms with Crippen LogP contribution in [0.1, 0.15) is 35.2 Å². The third-order valence-electron chi connectivity index (χ3n) is 5.20. The number of anilines is 2. The van der Waals surface area contributed by atoms with Crippen molar-refractivity contribution in [2.24, 2.45) is 0 Å². The number of nitrogens with one attached hydrogen (secondary N) is 1. The first-order chi connectivity index (χ1) is 13.8. The number of benzene rings is 2. The summed E-state index contributed by atoms with van der Waals surface area (Å²) >= 11 is 6.14. The molecule has 9 heteroatoms. The number of carbonyl (C=O) groups excluding carboxylic acids is 1. The molecule has 164 valence electrons. The number of rotatable bonds is 9. The Morgan fingerprint density at radius 2 is 1.70 bits per heavy atom. The quantitative estimate of drug-likeness (QED) is 0.441. The molecule has 1 heterocycles. The molecule has 0 saturated carbocycles. The molecule has 30 heavy (non-hydrogen) atoms. The van der Waals surface area contributed by atoms with Crippen LogP contribution < -0.4 is 13.9 Å². The van der Waals surface area contributed by atoms with Crippen molar-refractivity contribution < 1.29 is 13.2 Å². The molecule has 1 aliphatic rings. The molecule has 0 spiro atoms. The second kappa shape index (κ2) is 10.5. The highest BCUT2D eigenvalue weighted by Crippen LogP contribution is 2.39. The van der Waals surface area contributed by atoms with Crippen LogP contribution in [0.25, 0.3) is 0 Å². The van der Waals surface area contributed by atoms with Crippen LogP contribution >= 0.6 is 24.0 Å². The van der Waals surface area contributed by atoms with Crippen molar-refractivity contribution in [1.82, 2.24) is 5.32 Å². The SMILES string of the molecule is CN1c2ccc(C(=O)CCCCNCCc3ccccc3Cl)cc2N(C)S1(=O)=O.Cl. The van der Waals surface area contributed by atoms with E-state index in [1.54, 1.807) is 18.2 Å². The van der Waals surface area contributed by atoms with Crippen LogP contribution in [0, 0.1) is 0 Å². The third kappa shape index (κ3) is 5.27. The lowest BCUT2D eigenvalue weighted by atomic mass is 10.0. The van der Waals surface area contributed by atoms with Crippen LogP contribution in [0.3, 0.4) is 0 Å². The molecular weight excluding hydrogens is 445 g/mol. The van der Waals surface area contributed by atoms with Crippen molar-refractivity contribution in [3.63, 3.8) is 0 Å². The van der Waals surface area contributed by atoms with Gasteiger partial charge in [0.15, 0.2) is 5.78 Å². The van der Waals surface area contributed by atoms with Gasteiger partial charge in [-0.15, -0.1) is 12.4 Å².